The van der Waals surface area contributed by atoms with E-state index in [2.05, 4.69) is 0 Å². The van der Waals surface area contributed by atoms with Gasteiger partial charge in [-0.05, 0) is 18.2 Å². The van der Waals surface area contributed by atoms with Crippen molar-refractivity contribution in [3.63, 3.8) is 0 Å². The van der Waals surface area contributed by atoms with Gasteiger partial charge >= 0.3 is 0 Å². The van der Waals surface area contributed by atoms with Gasteiger partial charge in [0.05, 0.1) is 0 Å². The van der Waals surface area contributed by atoms with Crippen LogP contribution in [-0.2, 0) is 0 Å². The fourth-order valence-electron chi connectivity index (χ4n) is 0.903. The molecule has 0 spiro atoms. The number of carbonyl (C=O) groups is 2. The Hall–Kier alpha value is -1.84. The SMILES string of the molecule is NC(=O)c1ccc(N)cc1C=O. The minimum absolute atomic E-state index is 0.194. The van der Waals surface area contributed by atoms with Crippen LogP contribution in [0, 0.1) is 0 Å². The number of rotatable bonds is 2. The summed E-state index contributed by atoms with van der Waals surface area (Å²) < 4.78 is 0. The van der Waals surface area contributed by atoms with Crippen LogP contribution in [0.15, 0.2) is 18.2 Å². The summed E-state index contributed by atoms with van der Waals surface area (Å²) >= 11 is 0. The van der Waals surface area contributed by atoms with Crippen LogP contribution in [0.4, 0.5) is 5.69 Å². The second-order valence-corrected chi connectivity index (χ2v) is 2.33. The molecule has 0 atom stereocenters. The van der Waals surface area contributed by atoms with E-state index in [9.17, 15) is 9.59 Å². The lowest BCUT2D eigenvalue weighted by molar-refractivity contribution is 0.0993. The highest BCUT2D eigenvalue weighted by atomic mass is 16.1. The molecule has 4 nitrogen and oxygen atoms in total. The molecule has 1 rings (SSSR count). The van der Waals surface area contributed by atoms with Gasteiger partial charge in [0.2, 0.25) is 5.91 Å². The van der Waals surface area contributed by atoms with Gasteiger partial charge in [-0.3, -0.25) is 9.59 Å². The number of nitrogen functional groups attached to an aromatic ring is 1. The predicted molar refractivity (Wildman–Crippen MR) is 44.8 cm³/mol. The van der Waals surface area contributed by atoms with E-state index in [4.69, 9.17) is 11.5 Å². The average molecular weight is 164 g/mol. The van der Waals surface area contributed by atoms with Crippen molar-refractivity contribution in [3.8, 4) is 0 Å². The highest BCUT2D eigenvalue weighted by Gasteiger charge is 2.06. The number of hydrogen-bond donors (Lipinski definition) is 2. The summed E-state index contributed by atoms with van der Waals surface area (Å²) in [6, 6.07) is 4.36. The number of hydrogen-bond acceptors (Lipinski definition) is 3. The van der Waals surface area contributed by atoms with Crippen LogP contribution in [0.5, 0.6) is 0 Å². The first kappa shape index (κ1) is 8.26. The second kappa shape index (κ2) is 3.04. The van der Waals surface area contributed by atoms with Crippen LogP contribution in [0.25, 0.3) is 0 Å². The van der Waals surface area contributed by atoms with E-state index in [1.54, 1.807) is 0 Å². The fourth-order valence-corrected chi connectivity index (χ4v) is 0.903. The molecule has 0 aliphatic carbocycles. The van der Waals surface area contributed by atoms with Crippen molar-refractivity contribution in [1.82, 2.24) is 0 Å². The summed E-state index contributed by atoms with van der Waals surface area (Å²) in [5, 5.41) is 0. The van der Waals surface area contributed by atoms with Crippen LogP contribution in [-0.4, -0.2) is 12.2 Å². The van der Waals surface area contributed by atoms with Gasteiger partial charge in [0.1, 0.15) is 0 Å². The third kappa shape index (κ3) is 1.42. The number of primary amides is 1. The van der Waals surface area contributed by atoms with Crippen LogP contribution < -0.4 is 11.5 Å². The maximum absolute atomic E-state index is 10.7. The van der Waals surface area contributed by atoms with E-state index in [0.717, 1.165) is 0 Å². The Morgan fingerprint density at radius 1 is 1.42 bits per heavy atom. The molecule has 0 aliphatic rings. The summed E-state index contributed by atoms with van der Waals surface area (Å²) in [5.41, 5.74) is 11.2. The van der Waals surface area contributed by atoms with Gasteiger partial charge in [-0.15, -0.1) is 0 Å². The van der Waals surface area contributed by atoms with Gasteiger partial charge in [-0.2, -0.15) is 0 Å². The van der Waals surface area contributed by atoms with Gasteiger partial charge in [0.15, 0.2) is 6.29 Å². The molecule has 0 saturated heterocycles. The number of aldehydes is 1. The Bertz CT molecular complexity index is 334. The van der Waals surface area contributed by atoms with Crippen LogP contribution in [0.3, 0.4) is 0 Å². The molecule has 0 unspecified atom stereocenters. The van der Waals surface area contributed by atoms with Crippen molar-refractivity contribution < 1.29 is 9.59 Å². The van der Waals surface area contributed by atoms with E-state index < -0.39 is 5.91 Å². The van der Waals surface area contributed by atoms with Crippen LogP contribution in [0.2, 0.25) is 0 Å². The van der Waals surface area contributed by atoms with Crippen LogP contribution >= 0.6 is 0 Å². The fraction of sp³-hybridized carbons (Fsp3) is 0. The summed E-state index contributed by atoms with van der Waals surface area (Å²) in [5.74, 6) is -0.628. The van der Waals surface area contributed by atoms with E-state index in [-0.39, 0.29) is 11.1 Å². The zero-order chi connectivity index (χ0) is 9.14. The summed E-state index contributed by atoms with van der Waals surface area (Å²) in [7, 11) is 0. The lowest BCUT2D eigenvalue weighted by Gasteiger charge is -2.00. The molecule has 1 aromatic carbocycles. The molecular formula is C8H8N2O2. The Kier molecular flexibility index (Phi) is 2.09. The molecule has 4 heteroatoms. The number of amides is 1. The lowest BCUT2D eigenvalue weighted by Crippen LogP contribution is -2.13. The average Bonchev–Trinajstić information content (AvgIpc) is 2.03. The molecule has 4 N–H and O–H groups in total. The third-order valence-corrected chi connectivity index (χ3v) is 1.47. The molecule has 0 fully saturated rings. The lowest BCUT2D eigenvalue weighted by atomic mass is 10.1. The van der Waals surface area contributed by atoms with E-state index in [1.165, 1.54) is 18.2 Å². The molecular weight excluding hydrogens is 156 g/mol. The summed E-state index contributed by atoms with van der Waals surface area (Å²) in [6.07, 6.45) is 0.552. The minimum atomic E-state index is -0.628. The van der Waals surface area contributed by atoms with Gasteiger partial charge < -0.3 is 11.5 Å². The monoisotopic (exact) mass is 164 g/mol. The normalized spacial score (nSPS) is 9.33. The molecule has 0 bridgehead atoms. The molecule has 0 heterocycles. The standard InChI is InChI=1S/C8H8N2O2/c9-6-1-2-7(8(10)12)5(3-6)4-11/h1-4H,9H2,(H2,10,12). The number of anilines is 1. The molecule has 1 aromatic rings. The van der Waals surface area contributed by atoms with Gasteiger partial charge in [-0.1, -0.05) is 0 Å². The highest BCUT2D eigenvalue weighted by molar-refractivity contribution is 6.01. The van der Waals surface area contributed by atoms with E-state index >= 15 is 0 Å². The Balaban J connectivity index is 3.29. The summed E-state index contributed by atoms with van der Waals surface area (Å²) in [4.78, 5) is 21.1. The van der Waals surface area contributed by atoms with Crippen molar-refractivity contribution in [1.29, 1.82) is 0 Å². The molecule has 62 valence electrons. The van der Waals surface area contributed by atoms with Crippen LogP contribution in [0.1, 0.15) is 20.7 Å². The van der Waals surface area contributed by atoms with E-state index in [1.807, 2.05) is 0 Å². The van der Waals surface area contributed by atoms with Crippen molar-refractivity contribution in [2.45, 2.75) is 0 Å². The zero-order valence-corrected chi connectivity index (χ0v) is 6.28. The Labute approximate surface area is 69.2 Å². The van der Waals surface area contributed by atoms with Crippen molar-refractivity contribution in [2.75, 3.05) is 5.73 Å². The Morgan fingerprint density at radius 2 is 2.08 bits per heavy atom. The maximum Gasteiger partial charge on any atom is 0.249 e. The quantitative estimate of drug-likeness (QED) is 0.483. The van der Waals surface area contributed by atoms with E-state index in [0.29, 0.717) is 12.0 Å². The van der Waals surface area contributed by atoms with Crippen molar-refractivity contribution >= 4 is 17.9 Å². The molecule has 1 amide bonds. The Morgan fingerprint density at radius 3 is 2.58 bits per heavy atom. The first-order chi connectivity index (χ1) is 5.65. The highest BCUT2D eigenvalue weighted by Crippen LogP contribution is 2.10. The predicted octanol–water partition coefficient (Wildman–Crippen LogP) is 0.180. The third-order valence-electron chi connectivity index (χ3n) is 1.47. The van der Waals surface area contributed by atoms with Crippen molar-refractivity contribution in [2.24, 2.45) is 5.73 Å². The number of nitrogens with two attached hydrogens (primary N) is 2. The first-order valence-corrected chi connectivity index (χ1v) is 3.29. The zero-order valence-electron chi connectivity index (χ0n) is 6.28. The molecule has 0 aromatic heterocycles. The van der Waals surface area contributed by atoms with Gasteiger partial charge in [0, 0.05) is 16.8 Å². The number of benzene rings is 1. The molecule has 0 saturated carbocycles. The molecule has 0 radical (unpaired) electrons. The van der Waals surface area contributed by atoms with Gasteiger partial charge in [-0.25, -0.2) is 0 Å². The van der Waals surface area contributed by atoms with Gasteiger partial charge in [0.25, 0.3) is 0 Å². The smallest absolute Gasteiger partial charge is 0.249 e. The minimum Gasteiger partial charge on any atom is -0.399 e. The second-order valence-electron chi connectivity index (χ2n) is 2.33. The van der Waals surface area contributed by atoms with Crippen molar-refractivity contribution in [3.05, 3.63) is 29.3 Å². The largest absolute Gasteiger partial charge is 0.399 e. The molecule has 0 aliphatic heterocycles. The molecule has 12 heavy (non-hydrogen) atoms. The number of carbonyl (C=O) groups excluding carboxylic acids is 2. The topological polar surface area (TPSA) is 86.2 Å². The maximum atomic E-state index is 10.7. The first-order valence-electron chi connectivity index (χ1n) is 3.29. The summed E-state index contributed by atoms with van der Waals surface area (Å²) in [6.45, 7) is 0.